The van der Waals surface area contributed by atoms with Gasteiger partial charge in [0.05, 0.1) is 42.2 Å². The summed E-state index contributed by atoms with van der Waals surface area (Å²) in [5.74, 6) is 0.641. The van der Waals surface area contributed by atoms with E-state index in [-0.39, 0.29) is 17.9 Å². The molecule has 0 aliphatic carbocycles. The summed E-state index contributed by atoms with van der Waals surface area (Å²) in [5, 5.41) is 0. The van der Waals surface area contributed by atoms with Gasteiger partial charge in [-0.3, -0.25) is 14.2 Å². The van der Waals surface area contributed by atoms with Gasteiger partial charge < -0.3 is 9.30 Å². The summed E-state index contributed by atoms with van der Waals surface area (Å²) in [6.45, 7) is 4.42. The van der Waals surface area contributed by atoms with Crippen molar-refractivity contribution in [3.8, 4) is 0 Å². The highest BCUT2D eigenvalue weighted by molar-refractivity contribution is 5.79. The number of fused-ring (bicyclic) bond motifs is 2. The number of carbonyl (C=O) groups is 1. The quantitative estimate of drug-likeness (QED) is 0.703. The minimum Gasteiger partial charge on any atom is -0.332 e. The average molecular weight is 337 g/mol. The van der Waals surface area contributed by atoms with Crippen LogP contribution in [-0.4, -0.2) is 29.7 Å². The highest BCUT2D eigenvalue weighted by atomic mass is 16.2. The maximum Gasteiger partial charge on any atom is 0.258 e. The summed E-state index contributed by atoms with van der Waals surface area (Å²) >= 11 is 0. The fraction of sp³-hybridized carbons (Fsp3) is 0.333. The SMILES string of the molecule is Cc1nc2ccccn2c1CC(=O)N1Cc2nc(C)n(C)c(=O)c2C1. The Morgan fingerprint density at radius 2 is 2.00 bits per heavy atom. The van der Waals surface area contributed by atoms with Crippen LogP contribution in [0.1, 0.15) is 28.5 Å². The molecule has 0 unspecified atom stereocenters. The molecule has 0 aromatic carbocycles. The van der Waals surface area contributed by atoms with Crippen molar-refractivity contribution in [1.29, 1.82) is 0 Å². The van der Waals surface area contributed by atoms with E-state index in [2.05, 4.69) is 9.97 Å². The van der Waals surface area contributed by atoms with Crippen molar-refractivity contribution in [1.82, 2.24) is 23.8 Å². The highest BCUT2D eigenvalue weighted by Crippen LogP contribution is 2.20. The third-order valence-corrected chi connectivity index (χ3v) is 4.88. The lowest BCUT2D eigenvalue weighted by atomic mass is 10.2. The Kier molecular flexibility index (Phi) is 3.45. The number of aryl methyl sites for hydroxylation is 2. The zero-order valence-corrected chi connectivity index (χ0v) is 14.5. The number of rotatable bonds is 2. The Morgan fingerprint density at radius 3 is 2.80 bits per heavy atom. The molecule has 25 heavy (non-hydrogen) atoms. The third-order valence-electron chi connectivity index (χ3n) is 4.88. The van der Waals surface area contributed by atoms with E-state index in [9.17, 15) is 9.59 Å². The molecule has 0 radical (unpaired) electrons. The molecule has 128 valence electrons. The van der Waals surface area contributed by atoms with Crippen LogP contribution < -0.4 is 5.56 Å². The lowest BCUT2D eigenvalue weighted by Gasteiger charge is -2.15. The van der Waals surface area contributed by atoms with E-state index in [1.807, 2.05) is 35.7 Å². The van der Waals surface area contributed by atoms with Crippen LogP contribution in [0.3, 0.4) is 0 Å². The number of carbonyl (C=O) groups excluding carboxylic acids is 1. The number of imidazole rings is 1. The maximum atomic E-state index is 12.8. The molecule has 4 heterocycles. The number of pyridine rings is 1. The molecule has 3 aromatic rings. The lowest BCUT2D eigenvalue weighted by Crippen LogP contribution is -2.29. The fourth-order valence-electron chi connectivity index (χ4n) is 3.34. The van der Waals surface area contributed by atoms with Gasteiger partial charge in [0, 0.05) is 13.2 Å². The van der Waals surface area contributed by atoms with Crippen LogP contribution in [0.5, 0.6) is 0 Å². The second-order valence-electron chi connectivity index (χ2n) is 6.45. The van der Waals surface area contributed by atoms with E-state index >= 15 is 0 Å². The van der Waals surface area contributed by atoms with Crippen molar-refractivity contribution in [3.05, 3.63) is 63.2 Å². The van der Waals surface area contributed by atoms with E-state index in [1.54, 1.807) is 18.9 Å². The summed E-state index contributed by atoms with van der Waals surface area (Å²) in [6.07, 6.45) is 2.17. The molecule has 0 atom stereocenters. The van der Waals surface area contributed by atoms with Crippen LogP contribution in [0.15, 0.2) is 29.2 Å². The molecule has 0 spiro atoms. The third kappa shape index (κ3) is 2.43. The highest BCUT2D eigenvalue weighted by Gasteiger charge is 2.28. The Balaban J connectivity index is 1.62. The first-order valence-electron chi connectivity index (χ1n) is 8.21. The Labute approximate surface area is 144 Å². The second kappa shape index (κ2) is 5.54. The van der Waals surface area contributed by atoms with E-state index in [0.29, 0.717) is 30.2 Å². The number of aromatic nitrogens is 4. The monoisotopic (exact) mass is 337 g/mol. The van der Waals surface area contributed by atoms with Gasteiger partial charge in [-0.2, -0.15) is 0 Å². The Bertz CT molecular complexity index is 1060. The molecule has 1 aliphatic rings. The molecule has 0 fully saturated rings. The first-order valence-corrected chi connectivity index (χ1v) is 8.21. The summed E-state index contributed by atoms with van der Waals surface area (Å²) < 4.78 is 3.47. The van der Waals surface area contributed by atoms with Gasteiger partial charge in [0.25, 0.3) is 5.56 Å². The fourth-order valence-corrected chi connectivity index (χ4v) is 3.34. The summed E-state index contributed by atoms with van der Waals surface area (Å²) in [5.41, 5.74) is 3.83. The lowest BCUT2D eigenvalue weighted by molar-refractivity contribution is -0.131. The molecule has 7 nitrogen and oxygen atoms in total. The van der Waals surface area contributed by atoms with E-state index < -0.39 is 0 Å². The topological polar surface area (TPSA) is 72.5 Å². The Hall–Kier alpha value is -2.96. The molecule has 0 bridgehead atoms. The van der Waals surface area contributed by atoms with Gasteiger partial charge in [0.1, 0.15) is 11.5 Å². The molecule has 0 saturated carbocycles. The standard InChI is InChI=1S/C18H19N5O2/c1-11-15(23-7-5-4-6-16(23)19-11)8-17(24)22-9-13-14(10-22)20-12(2)21(3)18(13)25/h4-7H,8-10H2,1-3H3. The normalized spacial score (nSPS) is 13.5. The molecule has 0 saturated heterocycles. The molecule has 1 aliphatic heterocycles. The summed E-state index contributed by atoms with van der Waals surface area (Å²) in [7, 11) is 1.71. The van der Waals surface area contributed by atoms with Crippen molar-refractivity contribution in [2.45, 2.75) is 33.4 Å². The number of hydrogen-bond acceptors (Lipinski definition) is 4. The van der Waals surface area contributed by atoms with E-state index in [4.69, 9.17) is 0 Å². The van der Waals surface area contributed by atoms with Crippen molar-refractivity contribution >= 4 is 11.6 Å². The molecule has 1 amide bonds. The predicted molar refractivity (Wildman–Crippen MR) is 92.1 cm³/mol. The van der Waals surface area contributed by atoms with Gasteiger partial charge in [0.2, 0.25) is 5.91 Å². The van der Waals surface area contributed by atoms with Gasteiger partial charge in [-0.25, -0.2) is 9.97 Å². The number of nitrogens with zero attached hydrogens (tertiary/aromatic N) is 5. The van der Waals surface area contributed by atoms with Gasteiger partial charge in [-0.05, 0) is 26.0 Å². The van der Waals surface area contributed by atoms with Gasteiger partial charge >= 0.3 is 0 Å². The van der Waals surface area contributed by atoms with E-state index in [1.165, 1.54) is 4.57 Å². The zero-order chi connectivity index (χ0) is 17.7. The van der Waals surface area contributed by atoms with Crippen molar-refractivity contribution in [2.75, 3.05) is 0 Å². The summed E-state index contributed by atoms with van der Waals surface area (Å²) in [6, 6.07) is 5.77. The molecule has 7 heteroatoms. The predicted octanol–water partition coefficient (Wildman–Crippen LogP) is 1.13. The molecule has 3 aromatic heterocycles. The van der Waals surface area contributed by atoms with Crippen LogP contribution in [-0.2, 0) is 31.4 Å². The zero-order valence-electron chi connectivity index (χ0n) is 14.5. The van der Waals surface area contributed by atoms with Crippen LogP contribution >= 0.6 is 0 Å². The van der Waals surface area contributed by atoms with E-state index in [0.717, 1.165) is 17.0 Å². The smallest absolute Gasteiger partial charge is 0.258 e. The average Bonchev–Trinajstić information content (AvgIpc) is 3.15. The molecule has 4 rings (SSSR count). The van der Waals surface area contributed by atoms with Crippen LogP contribution in [0.4, 0.5) is 0 Å². The first kappa shape index (κ1) is 15.6. The Morgan fingerprint density at radius 1 is 1.20 bits per heavy atom. The largest absolute Gasteiger partial charge is 0.332 e. The van der Waals surface area contributed by atoms with Crippen molar-refractivity contribution in [3.63, 3.8) is 0 Å². The first-order chi connectivity index (χ1) is 12.0. The second-order valence-corrected chi connectivity index (χ2v) is 6.45. The number of amides is 1. The van der Waals surface area contributed by atoms with Gasteiger partial charge in [-0.15, -0.1) is 0 Å². The van der Waals surface area contributed by atoms with Crippen LogP contribution in [0.25, 0.3) is 5.65 Å². The minimum absolute atomic E-state index is 0.0218. The molecular formula is C18H19N5O2. The van der Waals surface area contributed by atoms with Crippen LogP contribution in [0.2, 0.25) is 0 Å². The van der Waals surface area contributed by atoms with Crippen molar-refractivity contribution in [2.24, 2.45) is 7.05 Å². The van der Waals surface area contributed by atoms with Crippen molar-refractivity contribution < 1.29 is 4.79 Å². The molecular weight excluding hydrogens is 318 g/mol. The van der Waals surface area contributed by atoms with Crippen LogP contribution in [0, 0.1) is 13.8 Å². The maximum absolute atomic E-state index is 12.8. The van der Waals surface area contributed by atoms with Gasteiger partial charge in [0.15, 0.2) is 0 Å². The molecule has 0 N–H and O–H groups in total. The minimum atomic E-state index is -0.0659. The van der Waals surface area contributed by atoms with Gasteiger partial charge in [-0.1, -0.05) is 6.07 Å². The number of hydrogen-bond donors (Lipinski definition) is 0. The summed E-state index contributed by atoms with van der Waals surface area (Å²) in [4.78, 5) is 35.8.